The van der Waals surface area contributed by atoms with Gasteiger partial charge in [-0.15, -0.1) is 0 Å². The summed E-state index contributed by atoms with van der Waals surface area (Å²) < 4.78 is 1.91. The summed E-state index contributed by atoms with van der Waals surface area (Å²) >= 11 is 0. The van der Waals surface area contributed by atoms with E-state index in [4.69, 9.17) is 0 Å². The first-order valence-electron chi connectivity index (χ1n) is 7.36. The van der Waals surface area contributed by atoms with E-state index in [0.717, 1.165) is 17.7 Å². The van der Waals surface area contributed by atoms with Crippen LogP contribution in [0.1, 0.15) is 48.0 Å². The number of rotatable bonds is 6. The monoisotopic (exact) mass is 288 g/mol. The van der Waals surface area contributed by atoms with Crippen LogP contribution in [0.5, 0.6) is 0 Å². The van der Waals surface area contributed by atoms with Crippen molar-refractivity contribution < 1.29 is 5.11 Å². The Morgan fingerprint density at radius 2 is 1.95 bits per heavy atom. The van der Waals surface area contributed by atoms with Crippen LogP contribution in [0.15, 0.2) is 24.5 Å². The summed E-state index contributed by atoms with van der Waals surface area (Å²) in [5.41, 5.74) is 4.34. The molecule has 0 fully saturated rings. The minimum Gasteiger partial charge on any atom is -0.387 e. The van der Waals surface area contributed by atoms with Crippen LogP contribution in [-0.2, 0) is 7.05 Å². The van der Waals surface area contributed by atoms with Crippen LogP contribution in [0, 0.1) is 13.8 Å². The lowest BCUT2D eigenvalue weighted by Crippen LogP contribution is -2.27. The average Bonchev–Trinajstić information content (AvgIpc) is 2.75. The molecule has 0 aliphatic heterocycles. The van der Waals surface area contributed by atoms with Gasteiger partial charge in [-0.1, -0.05) is 6.92 Å². The van der Waals surface area contributed by atoms with Gasteiger partial charge in [0.2, 0.25) is 0 Å². The Kier molecular flexibility index (Phi) is 5.09. The number of hydrogen-bond donors (Lipinski definition) is 2. The van der Waals surface area contributed by atoms with Gasteiger partial charge < -0.3 is 10.4 Å². The van der Waals surface area contributed by atoms with Crippen LogP contribution in [0.4, 0.5) is 0 Å². The molecule has 2 heterocycles. The second-order valence-corrected chi connectivity index (χ2v) is 5.37. The third kappa shape index (κ3) is 3.49. The van der Waals surface area contributed by atoms with Gasteiger partial charge in [-0.3, -0.25) is 9.67 Å². The van der Waals surface area contributed by atoms with Crippen LogP contribution in [0.3, 0.4) is 0 Å². The maximum atomic E-state index is 10.2. The topological polar surface area (TPSA) is 63.0 Å². The van der Waals surface area contributed by atoms with Gasteiger partial charge in [-0.2, -0.15) is 5.10 Å². The molecule has 0 aromatic carbocycles. The van der Waals surface area contributed by atoms with Crippen molar-refractivity contribution in [2.75, 3.05) is 6.54 Å². The minimum absolute atomic E-state index is 0.204. The van der Waals surface area contributed by atoms with Gasteiger partial charge in [0.1, 0.15) is 0 Å². The van der Waals surface area contributed by atoms with Crippen LogP contribution in [0.2, 0.25) is 0 Å². The van der Waals surface area contributed by atoms with Crippen LogP contribution >= 0.6 is 0 Å². The first kappa shape index (κ1) is 15.7. The zero-order valence-corrected chi connectivity index (χ0v) is 13.2. The largest absolute Gasteiger partial charge is 0.387 e. The van der Waals surface area contributed by atoms with E-state index in [1.54, 1.807) is 12.4 Å². The maximum absolute atomic E-state index is 10.2. The first-order valence-corrected chi connectivity index (χ1v) is 7.36. The summed E-state index contributed by atoms with van der Waals surface area (Å²) in [5, 5.41) is 18.2. The molecule has 2 N–H and O–H groups in total. The van der Waals surface area contributed by atoms with Crippen molar-refractivity contribution in [2.24, 2.45) is 7.05 Å². The quantitative estimate of drug-likeness (QED) is 0.855. The zero-order valence-electron chi connectivity index (χ0n) is 13.2. The van der Waals surface area contributed by atoms with E-state index >= 15 is 0 Å². The van der Waals surface area contributed by atoms with Gasteiger partial charge in [0.15, 0.2) is 0 Å². The number of aliphatic hydroxyl groups is 1. The Morgan fingerprint density at radius 1 is 1.29 bits per heavy atom. The van der Waals surface area contributed by atoms with E-state index in [1.165, 1.54) is 11.3 Å². The van der Waals surface area contributed by atoms with Crippen molar-refractivity contribution in [3.05, 3.63) is 47.0 Å². The predicted molar refractivity (Wildman–Crippen MR) is 82.9 cm³/mol. The average molecular weight is 288 g/mol. The fraction of sp³-hybridized carbons (Fsp3) is 0.500. The van der Waals surface area contributed by atoms with Gasteiger partial charge in [-0.05, 0) is 38.0 Å². The second-order valence-electron chi connectivity index (χ2n) is 5.37. The summed E-state index contributed by atoms with van der Waals surface area (Å²) in [6.07, 6.45) is 3.83. The number of aliphatic hydroxyl groups excluding tert-OH is 1. The molecule has 0 bridgehead atoms. The maximum Gasteiger partial charge on any atom is 0.0915 e. The first-order chi connectivity index (χ1) is 10.0. The normalized spacial score (nSPS) is 14.1. The van der Waals surface area contributed by atoms with Crippen molar-refractivity contribution in [2.45, 2.75) is 39.3 Å². The van der Waals surface area contributed by atoms with E-state index in [9.17, 15) is 5.11 Å². The highest BCUT2D eigenvalue weighted by Crippen LogP contribution is 2.24. The molecule has 5 nitrogen and oxygen atoms in total. The van der Waals surface area contributed by atoms with Gasteiger partial charge >= 0.3 is 0 Å². The van der Waals surface area contributed by atoms with Gasteiger partial charge in [0.05, 0.1) is 11.8 Å². The molecule has 21 heavy (non-hydrogen) atoms. The number of pyridine rings is 1. The Bertz CT molecular complexity index is 579. The molecular formula is C16H24N4O. The summed E-state index contributed by atoms with van der Waals surface area (Å²) in [6, 6.07) is 3.89. The fourth-order valence-electron chi connectivity index (χ4n) is 2.70. The van der Waals surface area contributed by atoms with Crippen molar-refractivity contribution in [1.29, 1.82) is 0 Å². The van der Waals surface area contributed by atoms with E-state index in [0.29, 0.717) is 6.54 Å². The molecule has 0 aliphatic rings. The Morgan fingerprint density at radius 3 is 2.48 bits per heavy atom. The molecule has 0 spiro atoms. The Hall–Kier alpha value is -1.72. The molecule has 0 amide bonds. The van der Waals surface area contributed by atoms with Crippen LogP contribution < -0.4 is 5.32 Å². The summed E-state index contributed by atoms with van der Waals surface area (Å²) in [5.74, 6) is 0. The molecule has 5 heteroatoms. The molecule has 2 aromatic rings. The highest BCUT2D eigenvalue weighted by molar-refractivity contribution is 5.28. The van der Waals surface area contributed by atoms with E-state index < -0.39 is 6.10 Å². The number of nitrogens with zero attached hydrogens (tertiary/aromatic N) is 3. The number of aryl methyl sites for hydroxylation is 2. The van der Waals surface area contributed by atoms with Gasteiger partial charge in [0.25, 0.3) is 0 Å². The van der Waals surface area contributed by atoms with Crippen LogP contribution in [-0.4, -0.2) is 26.4 Å². The molecule has 0 aliphatic carbocycles. The fourth-order valence-corrected chi connectivity index (χ4v) is 2.70. The summed E-state index contributed by atoms with van der Waals surface area (Å²) in [4.78, 5) is 3.97. The standard InChI is InChI=1S/C16H24N4O/c1-5-14(16-11(2)19-20(4)12(16)3)18-10-15(21)13-6-8-17-9-7-13/h6-9,14-15,18,21H,5,10H2,1-4H3. The smallest absolute Gasteiger partial charge is 0.0915 e. The van der Waals surface area contributed by atoms with Gasteiger partial charge in [-0.25, -0.2) is 0 Å². The Balaban J connectivity index is 2.06. The van der Waals surface area contributed by atoms with E-state index in [-0.39, 0.29) is 6.04 Å². The SMILES string of the molecule is CCC(NCC(O)c1ccncc1)c1c(C)nn(C)c1C. The zero-order chi connectivity index (χ0) is 15.4. The molecule has 2 atom stereocenters. The molecular weight excluding hydrogens is 264 g/mol. The highest BCUT2D eigenvalue weighted by atomic mass is 16.3. The molecule has 2 aromatic heterocycles. The lowest BCUT2D eigenvalue weighted by molar-refractivity contribution is 0.169. The molecule has 0 saturated carbocycles. The van der Waals surface area contributed by atoms with Crippen molar-refractivity contribution in [1.82, 2.24) is 20.1 Å². The van der Waals surface area contributed by atoms with Crippen molar-refractivity contribution in [3.63, 3.8) is 0 Å². The van der Waals surface area contributed by atoms with Crippen LogP contribution in [0.25, 0.3) is 0 Å². The lowest BCUT2D eigenvalue weighted by Gasteiger charge is -2.20. The summed E-state index contributed by atoms with van der Waals surface area (Å²) in [7, 11) is 1.96. The predicted octanol–water partition coefficient (Wildman–Crippen LogP) is 2.21. The number of hydrogen-bond acceptors (Lipinski definition) is 4. The minimum atomic E-state index is -0.528. The lowest BCUT2D eigenvalue weighted by atomic mass is 10.0. The van der Waals surface area contributed by atoms with E-state index in [1.807, 2.05) is 30.8 Å². The van der Waals surface area contributed by atoms with Crippen molar-refractivity contribution in [3.8, 4) is 0 Å². The summed E-state index contributed by atoms with van der Waals surface area (Å²) in [6.45, 7) is 6.77. The molecule has 2 unspecified atom stereocenters. The van der Waals surface area contributed by atoms with E-state index in [2.05, 4.69) is 29.2 Å². The Labute approximate surface area is 126 Å². The highest BCUT2D eigenvalue weighted by Gasteiger charge is 2.19. The third-order valence-electron chi connectivity index (χ3n) is 3.97. The molecule has 0 radical (unpaired) electrons. The molecule has 0 saturated heterocycles. The number of aromatic nitrogens is 3. The third-order valence-corrected chi connectivity index (χ3v) is 3.97. The molecule has 114 valence electrons. The van der Waals surface area contributed by atoms with Crippen molar-refractivity contribution >= 4 is 0 Å². The van der Waals surface area contributed by atoms with Gasteiger partial charge in [0, 0.05) is 43.3 Å². The number of nitrogens with one attached hydrogen (secondary N) is 1. The second kappa shape index (κ2) is 6.83. The molecule has 2 rings (SSSR count).